The molecular weight excluding hydrogens is 452 g/mol. The molecule has 0 aliphatic heterocycles. The Morgan fingerprint density at radius 2 is 1.74 bits per heavy atom. The van der Waals surface area contributed by atoms with E-state index in [9.17, 15) is 17.8 Å². The molecule has 1 aromatic carbocycles. The first-order valence-electron chi connectivity index (χ1n) is 6.33. The monoisotopic (exact) mass is 462 g/mol. The lowest BCUT2D eigenvalue weighted by molar-refractivity contribution is -0.116. The number of amides is 1. The zero-order valence-electron chi connectivity index (χ0n) is 11.8. The normalized spacial score (nSPS) is 12.7. The number of anilines is 1. The topological polar surface area (TPSA) is 96.4 Å². The highest BCUT2D eigenvalue weighted by atomic mass is 79.9. The van der Waals surface area contributed by atoms with Crippen molar-refractivity contribution in [3.8, 4) is 0 Å². The van der Waals surface area contributed by atoms with Crippen LogP contribution in [0.25, 0.3) is 0 Å². The number of pyridine rings is 1. The van der Waals surface area contributed by atoms with Crippen molar-refractivity contribution in [3.63, 3.8) is 0 Å². The Bertz CT molecular complexity index is 818. The molecule has 122 valence electrons. The molecule has 0 aliphatic rings. The number of hydrogen-bond donors (Lipinski definition) is 2. The van der Waals surface area contributed by atoms with Gasteiger partial charge in [0.2, 0.25) is 5.91 Å². The molecule has 0 unspecified atom stereocenters. The molecular formula is C14H12Br2N2O4S. The van der Waals surface area contributed by atoms with Crippen LogP contribution in [0, 0.1) is 6.92 Å². The lowest BCUT2D eigenvalue weighted by atomic mass is 10.1. The molecule has 0 spiro atoms. The van der Waals surface area contributed by atoms with E-state index in [0.717, 1.165) is 14.5 Å². The number of hydrogen-bond acceptors (Lipinski definition) is 4. The van der Waals surface area contributed by atoms with Crippen LogP contribution >= 0.6 is 31.9 Å². The van der Waals surface area contributed by atoms with E-state index in [1.54, 1.807) is 12.1 Å². The smallest absolute Gasteiger partial charge is 0.281 e. The van der Waals surface area contributed by atoms with Crippen molar-refractivity contribution in [2.24, 2.45) is 0 Å². The van der Waals surface area contributed by atoms with Gasteiger partial charge in [-0.2, -0.15) is 8.42 Å². The van der Waals surface area contributed by atoms with Gasteiger partial charge in [-0.25, -0.2) is 0 Å². The van der Waals surface area contributed by atoms with Gasteiger partial charge in [0.1, 0.15) is 0 Å². The van der Waals surface area contributed by atoms with E-state index in [-0.39, 0.29) is 5.56 Å². The van der Waals surface area contributed by atoms with Crippen LogP contribution in [0.3, 0.4) is 0 Å². The molecule has 0 radical (unpaired) electrons. The van der Waals surface area contributed by atoms with Crippen molar-refractivity contribution in [1.82, 2.24) is 4.98 Å². The van der Waals surface area contributed by atoms with Crippen molar-refractivity contribution in [2.75, 3.05) is 5.32 Å². The fraction of sp³-hybridized carbons (Fsp3) is 0.143. The van der Waals surface area contributed by atoms with Gasteiger partial charge in [0.25, 0.3) is 10.1 Å². The van der Waals surface area contributed by atoms with Crippen molar-refractivity contribution in [1.29, 1.82) is 0 Å². The van der Waals surface area contributed by atoms with Gasteiger partial charge >= 0.3 is 0 Å². The molecule has 1 aromatic heterocycles. The van der Waals surface area contributed by atoms with Crippen molar-refractivity contribution in [2.45, 2.75) is 12.2 Å². The fourth-order valence-corrected chi connectivity index (χ4v) is 3.94. The summed E-state index contributed by atoms with van der Waals surface area (Å²) in [6.07, 6.45) is 2.69. The van der Waals surface area contributed by atoms with Crippen LogP contribution < -0.4 is 5.32 Å². The van der Waals surface area contributed by atoms with Crippen LogP contribution in [-0.4, -0.2) is 23.9 Å². The highest BCUT2D eigenvalue weighted by Crippen LogP contribution is 2.30. The predicted molar refractivity (Wildman–Crippen MR) is 93.7 cm³/mol. The largest absolute Gasteiger partial charge is 0.325 e. The third-order valence-electron chi connectivity index (χ3n) is 3.09. The zero-order valence-corrected chi connectivity index (χ0v) is 15.8. The Balaban J connectivity index is 2.37. The van der Waals surface area contributed by atoms with Crippen LogP contribution in [0.4, 0.5) is 5.69 Å². The first-order chi connectivity index (χ1) is 10.7. The minimum atomic E-state index is -4.63. The Morgan fingerprint density at radius 1 is 1.22 bits per heavy atom. The van der Waals surface area contributed by atoms with Gasteiger partial charge in [-0.1, -0.05) is 31.9 Å². The SMILES string of the molecule is Cc1c(Br)cc(NC(=O)[C@@H](c2ccncc2)S(=O)(=O)O)cc1Br. The molecule has 0 fully saturated rings. The molecule has 0 saturated carbocycles. The minimum Gasteiger partial charge on any atom is -0.325 e. The first kappa shape index (κ1) is 18.1. The van der Waals surface area contributed by atoms with E-state index < -0.39 is 21.3 Å². The summed E-state index contributed by atoms with van der Waals surface area (Å²) in [6, 6.07) is 6.01. The second kappa shape index (κ2) is 7.08. The van der Waals surface area contributed by atoms with E-state index in [1.807, 2.05) is 6.92 Å². The van der Waals surface area contributed by atoms with E-state index in [2.05, 4.69) is 42.2 Å². The summed E-state index contributed by atoms with van der Waals surface area (Å²) in [4.78, 5) is 16.1. The molecule has 0 saturated heterocycles. The quantitative estimate of drug-likeness (QED) is 0.676. The second-order valence-electron chi connectivity index (χ2n) is 4.73. The highest BCUT2D eigenvalue weighted by molar-refractivity contribution is 9.11. The maximum absolute atomic E-state index is 12.4. The van der Waals surface area contributed by atoms with E-state index >= 15 is 0 Å². The van der Waals surface area contributed by atoms with Crippen molar-refractivity contribution < 1.29 is 17.8 Å². The predicted octanol–water partition coefficient (Wildman–Crippen LogP) is 3.48. The molecule has 1 heterocycles. The van der Waals surface area contributed by atoms with Gasteiger partial charge < -0.3 is 5.32 Å². The maximum Gasteiger partial charge on any atom is 0.281 e. The second-order valence-corrected chi connectivity index (χ2v) is 7.94. The van der Waals surface area contributed by atoms with Crippen molar-refractivity contribution >= 4 is 53.6 Å². The van der Waals surface area contributed by atoms with E-state index in [1.165, 1.54) is 24.5 Å². The fourth-order valence-electron chi connectivity index (χ4n) is 1.92. The zero-order chi connectivity index (χ0) is 17.2. The molecule has 23 heavy (non-hydrogen) atoms. The number of carbonyl (C=O) groups excluding carboxylic acids is 1. The molecule has 2 rings (SSSR count). The van der Waals surface area contributed by atoms with Gasteiger partial charge in [-0.05, 0) is 42.3 Å². The number of rotatable bonds is 4. The Hall–Kier alpha value is -1.29. The Kier molecular flexibility index (Phi) is 5.56. The summed E-state index contributed by atoms with van der Waals surface area (Å²) < 4.78 is 34.1. The number of benzene rings is 1. The van der Waals surface area contributed by atoms with Gasteiger partial charge in [0.15, 0.2) is 5.25 Å². The van der Waals surface area contributed by atoms with Gasteiger partial charge in [0.05, 0.1) is 0 Å². The molecule has 1 amide bonds. The van der Waals surface area contributed by atoms with Crippen LogP contribution in [0.1, 0.15) is 16.4 Å². The van der Waals surface area contributed by atoms with Crippen LogP contribution in [0.5, 0.6) is 0 Å². The summed E-state index contributed by atoms with van der Waals surface area (Å²) in [6.45, 7) is 1.87. The number of nitrogens with one attached hydrogen (secondary N) is 1. The molecule has 2 aromatic rings. The summed E-state index contributed by atoms with van der Waals surface area (Å²) in [5.74, 6) is -0.860. The molecule has 1 atom stereocenters. The third kappa shape index (κ3) is 4.37. The standard InChI is InChI=1S/C14H12Br2N2O4S/c1-8-11(15)6-10(7-12(8)16)18-14(19)13(23(20,21)22)9-2-4-17-5-3-9/h2-7,13H,1H3,(H,18,19)(H,20,21,22)/t13-/m1/s1. The Labute approximate surface area is 150 Å². The lowest BCUT2D eigenvalue weighted by Gasteiger charge is -2.15. The Morgan fingerprint density at radius 3 is 2.22 bits per heavy atom. The number of halogens is 2. The van der Waals surface area contributed by atoms with Crippen LogP contribution in [0.2, 0.25) is 0 Å². The molecule has 2 N–H and O–H groups in total. The molecule has 0 bridgehead atoms. The van der Waals surface area contributed by atoms with Crippen molar-refractivity contribution in [3.05, 3.63) is 56.7 Å². The van der Waals surface area contributed by atoms with Crippen LogP contribution in [-0.2, 0) is 14.9 Å². The molecule has 9 heteroatoms. The average Bonchev–Trinajstić information content (AvgIpc) is 2.44. The lowest BCUT2D eigenvalue weighted by Crippen LogP contribution is -2.27. The van der Waals surface area contributed by atoms with Gasteiger partial charge in [-0.15, -0.1) is 0 Å². The maximum atomic E-state index is 12.4. The summed E-state index contributed by atoms with van der Waals surface area (Å²) >= 11 is 6.70. The number of aromatic nitrogens is 1. The first-order valence-corrected chi connectivity index (χ1v) is 9.42. The number of nitrogens with zero attached hydrogens (tertiary/aromatic N) is 1. The summed E-state index contributed by atoms with van der Waals surface area (Å²) in [5, 5.41) is 0.765. The molecule has 0 aliphatic carbocycles. The van der Waals surface area contributed by atoms with Gasteiger partial charge in [-0.3, -0.25) is 14.3 Å². The summed E-state index contributed by atoms with van der Waals surface area (Å²) in [7, 11) is -4.63. The molecule has 6 nitrogen and oxygen atoms in total. The summed E-state index contributed by atoms with van der Waals surface area (Å²) in [5.41, 5.74) is 1.45. The van der Waals surface area contributed by atoms with Gasteiger partial charge in [0, 0.05) is 27.0 Å². The van der Waals surface area contributed by atoms with Crippen LogP contribution in [0.15, 0.2) is 45.6 Å². The highest BCUT2D eigenvalue weighted by Gasteiger charge is 2.33. The number of carbonyl (C=O) groups is 1. The average molecular weight is 464 g/mol. The third-order valence-corrected chi connectivity index (χ3v) is 5.82. The van der Waals surface area contributed by atoms with E-state index in [4.69, 9.17) is 0 Å². The van der Waals surface area contributed by atoms with E-state index in [0.29, 0.717) is 5.69 Å². The minimum absolute atomic E-state index is 0.130.